The molecule has 172 valence electrons. The van der Waals surface area contributed by atoms with Gasteiger partial charge in [-0.1, -0.05) is 60.7 Å². The molecule has 2 atom stereocenters. The minimum absolute atomic E-state index is 0.00460. The van der Waals surface area contributed by atoms with Crippen LogP contribution in [0.15, 0.2) is 72.8 Å². The molecule has 0 aromatic heterocycles. The number of nitrogens with zero attached hydrogens (tertiary/aromatic N) is 1. The second kappa shape index (κ2) is 8.32. The molecule has 0 radical (unpaired) electrons. The third-order valence-corrected chi connectivity index (χ3v) is 7.46. The maximum atomic E-state index is 14.7. The molecule has 3 aliphatic rings. The van der Waals surface area contributed by atoms with Crippen LogP contribution in [0.25, 0.3) is 16.7 Å². The first-order chi connectivity index (χ1) is 16.7. The maximum Gasteiger partial charge on any atom is 0.410 e. The van der Waals surface area contributed by atoms with E-state index in [4.69, 9.17) is 9.47 Å². The lowest BCUT2D eigenvalue weighted by atomic mass is 9.94. The van der Waals surface area contributed by atoms with Gasteiger partial charge in [0.25, 0.3) is 0 Å². The zero-order valence-corrected chi connectivity index (χ0v) is 19.0. The van der Waals surface area contributed by atoms with Crippen molar-refractivity contribution < 1.29 is 18.7 Å². The molecule has 1 saturated heterocycles. The number of halogens is 1. The van der Waals surface area contributed by atoms with E-state index < -0.39 is 0 Å². The van der Waals surface area contributed by atoms with Gasteiger partial charge in [-0.2, -0.15) is 0 Å². The lowest BCUT2D eigenvalue weighted by Gasteiger charge is -2.34. The summed E-state index contributed by atoms with van der Waals surface area (Å²) in [6.45, 7) is 0.306. The first-order valence-corrected chi connectivity index (χ1v) is 11.8. The molecule has 2 unspecified atom stereocenters. The van der Waals surface area contributed by atoms with E-state index in [1.807, 2.05) is 35.2 Å². The van der Waals surface area contributed by atoms with Gasteiger partial charge in [-0.25, -0.2) is 9.18 Å². The molecule has 1 amide bonds. The predicted molar refractivity (Wildman–Crippen MR) is 129 cm³/mol. The number of carbonyl (C=O) groups excluding carboxylic acids is 1. The molecule has 2 heterocycles. The fraction of sp³-hybridized carbons (Fsp3) is 0.276. The highest BCUT2D eigenvalue weighted by atomic mass is 19.1. The molecule has 0 N–H and O–H groups in total. The lowest BCUT2D eigenvalue weighted by Crippen LogP contribution is -2.43. The zero-order chi connectivity index (χ0) is 23.2. The van der Waals surface area contributed by atoms with Crippen molar-refractivity contribution in [1.82, 2.24) is 4.90 Å². The van der Waals surface area contributed by atoms with Gasteiger partial charge in [0.05, 0.1) is 18.7 Å². The van der Waals surface area contributed by atoms with E-state index in [0.29, 0.717) is 24.3 Å². The van der Waals surface area contributed by atoms with Crippen LogP contribution in [-0.4, -0.2) is 36.8 Å². The minimum atomic E-state index is -0.292. The number of hydrogen-bond acceptors (Lipinski definition) is 3. The Hall–Kier alpha value is -3.60. The Bertz CT molecular complexity index is 1250. The first-order valence-electron chi connectivity index (χ1n) is 11.8. The average molecular weight is 456 g/mol. The Morgan fingerprint density at radius 3 is 2.35 bits per heavy atom. The highest BCUT2D eigenvalue weighted by Gasteiger charge is 2.42. The molecule has 5 heteroatoms. The Morgan fingerprint density at radius 2 is 1.68 bits per heavy atom. The highest BCUT2D eigenvalue weighted by Crippen LogP contribution is 2.45. The Morgan fingerprint density at radius 1 is 0.971 bits per heavy atom. The van der Waals surface area contributed by atoms with Crippen LogP contribution in [0.5, 0.6) is 5.75 Å². The zero-order valence-electron chi connectivity index (χ0n) is 19.0. The first kappa shape index (κ1) is 21.0. The van der Waals surface area contributed by atoms with E-state index in [0.717, 1.165) is 18.4 Å². The van der Waals surface area contributed by atoms with Crippen molar-refractivity contribution in [1.29, 1.82) is 0 Å². The Balaban J connectivity index is 1.22. The summed E-state index contributed by atoms with van der Waals surface area (Å²) in [7, 11) is 1.55. The van der Waals surface area contributed by atoms with E-state index >= 15 is 0 Å². The summed E-state index contributed by atoms with van der Waals surface area (Å²) in [6, 6.07) is 21.5. The van der Waals surface area contributed by atoms with E-state index in [1.54, 1.807) is 19.2 Å². The smallest absolute Gasteiger partial charge is 0.410 e. The van der Waals surface area contributed by atoms with Crippen LogP contribution >= 0.6 is 0 Å². The lowest BCUT2D eigenvalue weighted by molar-refractivity contribution is 0.0866. The Labute approximate surface area is 198 Å². The standard InChI is InChI=1S/C29H26FNO3/c1-33-27-12-6-11-26(30)28(27)18-15-19-13-14-20(16-18)31(19)29(32)34-17-25-23-9-4-2-7-21(23)22-8-3-5-10-24(22)25/h2-12,15,19-20,25H,13-14,16-17H2,1H3. The fourth-order valence-electron chi connectivity index (χ4n) is 5.95. The van der Waals surface area contributed by atoms with Gasteiger partial charge in [-0.3, -0.25) is 4.90 Å². The summed E-state index contributed by atoms with van der Waals surface area (Å²) in [5, 5.41) is 0. The van der Waals surface area contributed by atoms with Crippen LogP contribution in [0, 0.1) is 5.82 Å². The van der Waals surface area contributed by atoms with Crippen molar-refractivity contribution in [3.8, 4) is 16.9 Å². The van der Waals surface area contributed by atoms with Gasteiger partial charge >= 0.3 is 6.09 Å². The Kier molecular flexibility index (Phi) is 5.13. The number of methoxy groups -OCH3 is 1. The van der Waals surface area contributed by atoms with Gasteiger partial charge < -0.3 is 9.47 Å². The van der Waals surface area contributed by atoms with Crippen molar-refractivity contribution in [2.24, 2.45) is 0 Å². The van der Waals surface area contributed by atoms with Crippen LogP contribution in [-0.2, 0) is 4.74 Å². The van der Waals surface area contributed by atoms with E-state index in [1.165, 1.54) is 28.3 Å². The number of rotatable bonds is 4. The maximum absolute atomic E-state index is 14.7. The van der Waals surface area contributed by atoms with Crippen LogP contribution < -0.4 is 4.74 Å². The van der Waals surface area contributed by atoms with E-state index in [2.05, 4.69) is 24.3 Å². The van der Waals surface area contributed by atoms with Gasteiger partial charge in [0, 0.05) is 12.0 Å². The number of amides is 1. The molecule has 1 fully saturated rings. The predicted octanol–water partition coefficient (Wildman–Crippen LogP) is 6.40. The molecule has 0 spiro atoms. The molecule has 0 saturated carbocycles. The average Bonchev–Trinajstić information content (AvgIpc) is 3.33. The van der Waals surface area contributed by atoms with Crippen LogP contribution in [0.2, 0.25) is 0 Å². The summed E-state index contributed by atoms with van der Waals surface area (Å²) in [6.07, 6.45) is 4.06. The third kappa shape index (κ3) is 3.30. The van der Waals surface area contributed by atoms with Crippen LogP contribution in [0.1, 0.15) is 41.9 Å². The van der Waals surface area contributed by atoms with Crippen molar-refractivity contribution in [3.05, 3.63) is 95.3 Å². The van der Waals surface area contributed by atoms with Gasteiger partial charge in [0.15, 0.2) is 0 Å². The van der Waals surface area contributed by atoms with Crippen molar-refractivity contribution in [2.45, 2.75) is 37.3 Å². The van der Waals surface area contributed by atoms with Gasteiger partial charge in [-0.05, 0) is 59.2 Å². The highest BCUT2D eigenvalue weighted by molar-refractivity contribution is 5.80. The summed E-state index contributed by atoms with van der Waals surface area (Å²) in [5.41, 5.74) is 6.24. The largest absolute Gasteiger partial charge is 0.496 e. The number of fused-ring (bicyclic) bond motifs is 5. The number of carbonyl (C=O) groups is 1. The molecular weight excluding hydrogens is 429 g/mol. The van der Waals surface area contributed by atoms with Gasteiger partial charge in [0.2, 0.25) is 0 Å². The van der Waals surface area contributed by atoms with E-state index in [9.17, 15) is 9.18 Å². The molecule has 2 bridgehead atoms. The third-order valence-electron chi connectivity index (χ3n) is 7.46. The van der Waals surface area contributed by atoms with Crippen molar-refractivity contribution in [2.75, 3.05) is 13.7 Å². The summed E-state index contributed by atoms with van der Waals surface area (Å²) in [4.78, 5) is 15.1. The molecule has 2 aliphatic heterocycles. The molecule has 6 rings (SSSR count). The molecule has 4 nitrogen and oxygen atoms in total. The number of hydrogen-bond donors (Lipinski definition) is 0. The SMILES string of the molecule is COc1cccc(F)c1C1=CC2CCC(C1)N2C(=O)OCC1c2ccccc2-c2ccccc21. The normalized spacial score (nSPS) is 20.5. The van der Waals surface area contributed by atoms with E-state index in [-0.39, 0.29) is 29.9 Å². The van der Waals surface area contributed by atoms with Crippen molar-refractivity contribution >= 4 is 11.7 Å². The van der Waals surface area contributed by atoms with Crippen LogP contribution in [0.4, 0.5) is 9.18 Å². The van der Waals surface area contributed by atoms with Crippen LogP contribution in [0.3, 0.4) is 0 Å². The van der Waals surface area contributed by atoms with Gasteiger partial charge in [-0.15, -0.1) is 0 Å². The van der Waals surface area contributed by atoms with Crippen molar-refractivity contribution in [3.63, 3.8) is 0 Å². The second-order valence-electron chi connectivity index (χ2n) is 9.22. The number of benzene rings is 3. The summed E-state index contributed by atoms with van der Waals surface area (Å²) >= 11 is 0. The minimum Gasteiger partial charge on any atom is -0.496 e. The van der Waals surface area contributed by atoms with Gasteiger partial charge in [0.1, 0.15) is 18.2 Å². The number of ether oxygens (including phenoxy) is 2. The quantitative estimate of drug-likeness (QED) is 0.457. The molecule has 3 aromatic rings. The summed E-state index contributed by atoms with van der Waals surface area (Å²) < 4.78 is 26.0. The monoisotopic (exact) mass is 455 g/mol. The topological polar surface area (TPSA) is 38.8 Å². The molecule has 3 aromatic carbocycles. The molecular formula is C29H26FNO3. The summed E-state index contributed by atoms with van der Waals surface area (Å²) in [5.74, 6) is 0.271. The molecule has 34 heavy (non-hydrogen) atoms. The molecule has 1 aliphatic carbocycles. The fourth-order valence-corrected chi connectivity index (χ4v) is 5.95. The second-order valence-corrected chi connectivity index (χ2v) is 9.22.